The lowest BCUT2D eigenvalue weighted by Gasteiger charge is -2.05. The van der Waals surface area contributed by atoms with E-state index in [1.807, 2.05) is 0 Å². The van der Waals surface area contributed by atoms with Crippen molar-refractivity contribution in [1.82, 2.24) is 0 Å². The third kappa shape index (κ3) is 2.52. The third-order valence-electron chi connectivity index (χ3n) is 1.33. The van der Waals surface area contributed by atoms with Gasteiger partial charge in [-0.1, -0.05) is 12.7 Å². The van der Waals surface area contributed by atoms with Gasteiger partial charge in [-0.05, 0) is 22.0 Å². The summed E-state index contributed by atoms with van der Waals surface area (Å²) in [5.41, 5.74) is 0. The Hall–Kier alpha value is -0.900. The van der Waals surface area contributed by atoms with Gasteiger partial charge in [0.25, 0.3) is 0 Å². The van der Waals surface area contributed by atoms with Crippen LogP contribution in [-0.2, 0) is 0 Å². The first-order valence-electron chi connectivity index (χ1n) is 3.53. The van der Waals surface area contributed by atoms with Crippen LogP contribution in [0.2, 0.25) is 0 Å². The Labute approximate surface area is 83.1 Å². The molecule has 13 heavy (non-hydrogen) atoms. The van der Waals surface area contributed by atoms with Crippen molar-refractivity contribution in [2.24, 2.45) is 0 Å². The summed E-state index contributed by atoms with van der Waals surface area (Å²) >= 11 is 3.05. The first-order chi connectivity index (χ1) is 6.15. The fourth-order valence-electron chi connectivity index (χ4n) is 0.764. The lowest BCUT2D eigenvalue weighted by molar-refractivity contribution is 0.356. The van der Waals surface area contributed by atoms with Crippen molar-refractivity contribution < 1.29 is 13.5 Å². The van der Waals surface area contributed by atoms with E-state index < -0.39 is 11.6 Å². The van der Waals surface area contributed by atoms with E-state index >= 15 is 0 Å². The van der Waals surface area contributed by atoms with E-state index in [4.69, 9.17) is 4.74 Å². The Morgan fingerprint density at radius 3 is 2.62 bits per heavy atom. The van der Waals surface area contributed by atoms with Crippen LogP contribution in [0.25, 0.3) is 0 Å². The van der Waals surface area contributed by atoms with Crippen molar-refractivity contribution in [3.05, 3.63) is 40.9 Å². The van der Waals surface area contributed by atoms with E-state index in [9.17, 15) is 8.78 Å². The number of halogens is 3. The van der Waals surface area contributed by atoms with E-state index in [2.05, 4.69) is 22.5 Å². The van der Waals surface area contributed by atoms with Gasteiger partial charge in [0, 0.05) is 6.07 Å². The average molecular weight is 249 g/mol. The monoisotopic (exact) mass is 248 g/mol. The van der Waals surface area contributed by atoms with Crippen LogP contribution in [0, 0.1) is 11.6 Å². The Kier molecular flexibility index (Phi) is 3.42. The smallest absolute Gasteiger partial charge is 0.162 e. The number of benzene rings is 1. The van der Waals surface area contributed by atoms with E-state index in [1.54, 1.807) is 0 Å². The van der Waals surface area contributed by atoms with Gasteiger partial charge < -0.3 is 4.74 Å². The zero-order valence-electron chi connectivity index (χ0n) is 6.69. The molecule has 0 N–H and O–H groups in total. The first kappa shape index (κ1) is 10.2. The van der Waals surface area contributed by atoms with Gasteiger partial charge in [0.15, 0.2) is 11.6 Å². The molecule has 0 aliphatic heterocycles. The summed E-state index contributed by atoms with van der Waals surface area (Å²) < 4.78 is 30.7. The van der Waals surface area contributed by atoms with Crippen molar-refractivity contribution in [2.45, 2.75) is 0 Å². The van der Waals surface area contributed by atoms with Gasteiger partial charge >= 0.3 is 0 Å². The molecule has 0 radical (unpaired) electrons. The predicted octanol–water partition coefficient (Wildman–Crippen LogP) is 3.29. The largest absolute Gasteiger partial charge is 0.488 e. The van der Waals surface area contributed by atoms with Gasteiger partial charge in [-0.3, -0.25) is 0 Å². The second kappa shape index (κ2) is 4.37. The van der Waals surface area contributed by atoms with Crippen LogP contribution in [0.3, 0.4) is 0 Å². The molecule has 0 atom stereocenters. The Bertz CT molecular complexity index is 326. The minimum Gasteiger partial charge on any atom is -0.488 e. The lowest BCUT2D eigenvalue weighted by atomic mass is 10.3. The molecule has 0 bridgehead atoms. The van der Waals surface area contributed by atoms with Crippen LogP contribution in [-0.4, -0.2) is 6.61 Å². The van der Waals surface area contributed by atoms with Crippen molar-refractivity contribution in [3.8, 4) is 5.75 Å². The molecule has 0 aliphatic rings. The molecule has 0 heterocycles. The fourth-order valence-corrected chi connectivity index (χ4v) is 1.19. The maximum Gasteiger partial charge on any atom is 0.162 e. The summed E-state index contributed by atoms with van der Waals surface area (Å²) in [5, 5.41) is 0. The lowest BCUT2D eigenvalue weighted by Crippen LogP contribution is -1.95. The zero-order valence-corrected chi connectivity index (χ0v) is 8.27. The highest BCUT2D eigenvalue weighted by Crippen LogP contribution is 2.27. The van der Waals surface area contributed by atoms with E-state index in [0.29, 0.717) is 4.47 Å². The van der Waals surface area contributed by atoms with Crippen LogP contribution in [0.5, 0.6) is 5.75 Å². The maximum absolute atomic E-state index is 12.7. The molecule has 0 unspecified atom stereocenters. The molecule has 0 fully saturated rings. The summed E-state index contributed by atoms with van der Waals surface area (Å²) in [7, 11) is 0. The summed E-state index contributed by atoms with van der Waals surface area (Å²) in [4.78, 5) is 0. The quantitative estimate of drug-likeness (QED) is 0.590. The molecule has 0 saturated heterocycles. The summed E-state index contributed by atoms with van der Waals surface area (Å²) in [6, 6.07) is 2.01. The van der Waals surface area contributed by atoms with Crippen LogP contribution in [0.4, 0.5) is 8.78 Å². The molecule has 1 nitrogen and oxygen atoms in total. The number of ether oxygens (including phenoxy) is 1. The second-order valence-corrected chi connectivity index (χ2v) is 3.15. The highest BCUT2D eigenvalue weighted by Gasteiger charge is 2.08. The average Bonchev–Trinajstić information content (AvgIpc) is 2.09. The van der Waals surface area contributed by atoms with Gasteiger partial charge in [-0.2, -0.15) is 0 Å². The molecular weight excluding hydrogens is 242 g/mol. The molecule has 0 saturated carbocycles. The van der Waals surface area contributed by atoms with Crippen molar-refractivity contribution in [1.29, 1.82) is 0 Å². The maximum atomic E-state index is 12.7. The predicted molar refractivity (Wildman–Crippen MR) is 49.8 cm³/mol. The molecule has 1 rings (SSSR count). The zero-order chi connectivity index (χ0) is 9.84. The third-order valence-corrected chi connectivity index (χ3v) is 1.95. The first-order valence-corrected chi connectivity index (χ1v) is 4.32. The SMILES string of the molecule is C=CCOc1cc(F)c(F)cc1Br. The van der Waals surface area contributed by atoms with Gasteiger partial charge in [0.2, 0.25) is 0 Å². The van der Waals surface area contributed by atoms with Gasteiger partial charge in [-0.15, -0.1) is 0 Å². The number of hydrogen-bond acceptors (Lipinski definition) is 1. The summed E-state index contributed by atoms with van der Waals surface area (Å²) in [6.45, 7) is 3.69. The molecule has 1 aromatic carbocycles. The molecule has 0 aromatic heterocycles. The van der Waals surface area contributed by atoms with Gasteiger partial charge in [0.05, 0.1) is 4.47 Å². The summed E-state index contributed by atoms with van der Waals surface area (Å²) in [6.07, 6.45) is 1.52. The number of rotatable bonds is 3. The van der Waals surface area contributed by atoms with Gasteiger partial charge in [0.1, 0.15) is 12.4 Å². The Balaban J connectivity index is 2.94. The van der Waals surface area contributed by atoms with Crippen molar-refractivity contribution in [2.75, 3.05) is 6.61 Å². The standard InChI is InChI=1S/C9H7BrF2O/c1-2-3-13-9-5-8(12)7(11)4-6(9)10/h2,4-5H,1,3H2. The van der Waals surface area contributed by atoms with Crippen LogP contribution in [0.15, 0.2) is 29.3 Å². The van der Waals surface area contributed by atoms with Gasteiger partial charge in [-0.25, -0.2) is 8.78 Å². The Morgan fingerprint density at radius 1 is 1.38 bits per heavy atom. The van der Waals surface area contributed by atoms with E-state index in [1.165, 1.54) is 6.08 Å². The highest BCUT2D eigenvalue weighted by molar-refractivity contribution is 9.10. The van der Waals surface area contributed by atoms with E-state index in [-0.39, 0.29) is 12.4 Å². The molecule has 1 aromatic rings. The van der Waals surface area contributed by atoms with Crippen LogP contribution >= 0.6 is 15.9 Å². The minimum atomic E-state index is -0.928. The van der Waals surface area contributed by atoms with Crippen molar-refractivity contribution in [3.63, 3.8) is 0 Å². The topological polar surface area (TPSA) is 9.23 Å². The molecule has 0 spiro atoms. The van der Waals surface area contributed by atoms with Crippen molar-refractivity contribution >= 4 is 15.9 Å². The fraction of sp³-hybridized carbons (Fsp3) is 0.111. The number of hydrogen-bond donors (Lipinski definition) is 0. The van der Waals surface area contributed by atoms with E-state index in [0.717, 1.165) is 12.1 Å². The minimum absolute atomic E-state index is 0.254. The highest BCUT2D eigenvalue weighted by atomic mass is 79.9. The molecular formula is C9H7BrF2O. The molecule has 70 valence electrons. The second-order valence-electron chi connectivity index (χ2n) is 2.30. The molecule has 0 aliphatic carbocycles. The van der Waals surface area contributed by atoms with Crippen LogP contribution < -0.4 is 4.74 Å². The normalized spacial score (nSPS) is 9.77. The Morgan fingerprint density at radius 2 is 2.00 bits per heavy atom. The molecule has 4 heteroatoms. The van der Waals surface area contributed by atoms with Crippen LogP contribution in [0.1, 0.15) is 0 Å². The molecule has 0 amide bonds. The summed E-state index contributed by atoms with van der Waals surface area (Å²) in [5.74, 6) is -1.57.